The van der Waals surface area contributed by atoms with Crippen molar-refractivity contribution in [3.8, 4) is 22.6 Å². The van der Waals surface area contributed by atoms with Gasteiger partial charge in [0.1, 0.15) is 5.78 Å². The molecule has 1 heterocycles. The van der Waals surface area contributed by atoms with Crippen LogP contribution < -0.4 is 14.8 Å². The number of ketones is 1. The Morgan fingerprint density at radius 2 is 1.64 bits per heavy atom. The van der Waals surface area contributed by atoms with Gasteiger partial charge in [-0.25, -0.2) is 0 Å². The number of benzene rings is 3. The molecule has 3 aromatic rings. The Morgan fingerprint density at radius 3 is 2.36 bits per heavy atom. The predicted molar refractivity (Wildman–Crippen MR) is 139 cm³/mol. The largest absolute Gasteiger partial charge is 0.454 e. The van der Waals surface area contributed by atoms with Crippen molar-refractivity contribution in [2.75, 3.05) is 27.4 Å². The third kappa shape index (κ3) is 5.00. The van der Waals surface area contributed by atoms with Crippen LogP contribution in [-0.4, -0.2) is 44.0 Å². The molecule has 0 spiro atoms. The lowest BCUT2D eigenvalue weighted by atomic mass is 9.87. The molecular formula is C30H32N2O4. The first-order valence-corrected chi connectivity index (χ1v) is 12.4. The number of ether oxygens (including phenoxy) is 2. The third-order valence-electron chi connectivity index (χ3n) is 7.09. The smallest absolute Gasteiger partial charge is 0.234 e. The summed E-state index contributed by atoms with van der Waals surface area (Å²) in [5, 5.41) is 2.95. The lowest BCUT2D eigenvalue weighted by molar-refractivity contribution is -0.122. The fraction of sp³-hybridized carbons (Fsp3) is 0.333. The second kappa shape index (κ2) is 9.78. The number of amides is 1. The number of nitrogens with zero attached hydrogens (tertiary/aromatic N) is 1. The molecule has 1 aliphatic carbocycles. The summed E-state index contributed by atoms with van der Waals surface area (Å²) in [4.78, 5) is 27.2. The number of carbonyl (C=O) groups excluding carboxylic acids is 2. The zero-order valence-electron chi connectivity index (χ0n) is 21.1. The molecule has 1 amide bonds. The number of fused-ring (bicyclic) bond motifs is 1. The van der Waals surface area contributed by atoms with Crippen molar-refractivity contribution < 1.29 is 19.1 Å². The molecule has 0 bridgehead atoms. The normalized spacial score (nSPS) is 15.1. The number of hydrogen-bond acceptors (Lipinski definition) is 5. The molecule has 0 aromatic heterocycles. The Labute approximate surface area is 212 Å². The van der Waals surface area contributed by atoms with Crippen LogP contribution in [0.15, 0.2) is 60.7 Å². The molecule has 3 aromatic carbocycles. The fourth-order valence-electron chi connectivity index (χ4n) is 4.84. The van der Waals surface area contributed by atoms with Crippen molar-refractivity contribution in [3.05, 3.63) is 82.9 Å². The van der Waals surface area contributed by atoms with Crippen LogP contribution in [-0.2, 0) is 28.0 Å². The van der Waals surface area contributed by atoms with Gasteiger partial charge in [-0.2, -0.15) is 0 Å². The van der Waals surface area contributed by atoms with Crippen LogP contribution in [0.3, 0.4) is 0 Å². The molecule has 1 saturated carbocycles. The average Bonchev–Trinajstić information content (AvgIpc) is 3.54. The monoisotopic (exact) mass is 484 g/mol. The highest BCUT2D eigenvalue weighted by Crippen LogP contribution is 2.51. The molecular weight excluding hydrogens is 452 g/mol. The molecule has 1 aliphatic heterocycles. The summed E-state index contributed by atoms with van der Waals surface area (Å²) in [6.07, 6.45) is 2.14. The minimum atomic E-state index is -0.412. The van der Waals surface area contributed by atoms with Gasteiger partial charge in [0, 0.05) is 13.0 Å². The van der Waals surface area contributed by atoms with Gasteiger partial charge in [-0.3, -0.25) is 9.59 Å². The summed E-state index contributed by atoms with van der Waals surface area (Å²) < 4.78 is 11.0. The molecule has 0 saturated heterocycles. The van der Waals surface area contributed by atoms with E-state index < -0.39 is 5.41 Å². The predicted octanol–water partition coefficient (Wildman–Crippen LogP) is 4.41. The van der Waals surface area contributed by atoms with Crippen LogP contribution in [0.4, 0.5) is 0 Å². The summed E-state index contributed by atoms with van der Waals surface area (Å²) in [6, 6.07) is 20.4. The Bertz CT molecular complexity index is 1290. The average molecular weight is 485 g/mol. The second-order valence-electron chi connectivity index (χ2n) is 10.1. The van der Waals surface area contributed by atoms with Crippen molar-refractivity contribution in [2.45, 2.75) is 38.1 Å². The molecule has 6 nitrogen and oxygen atoms in total. The van der Waals surface area contributed by atoms with Crippen LogP contribution in [0.1, 0.15) is 35.1 Å². The molecule has 1 N–H and O–H groups in total. The van der Waals surface area contributed by atoms with Gasteiger partial charge < -0.3 is 19.7 Å². The lowest BCUT2D eigenvalue weighted by Gasteiger charge is -2.16. The quantitative estimate of drug-likeness (QED) is 0.487. The Balaban J connectivity index is 1.28. The van der Waals surface area contributed by atoms with E-state index in [0.717, 1.165) is 57.7 Å². The number of likely N-dealkylation sites (N-methyl/N-ethyl adjacent to an activating group) is 1. The first-order valence-electron chi connectivity index (χ1n) is 12.4. The van der Waals surface area contributed by atoms with Gasteiger partial charge in [0.2, 0.25) is 12.7 Å². The maximum Gasteiger partial charge on any atom is 0.234 e. The van der Waals surface area contributed by atoms with E-state index >= 15 is 0 Å². The highest BCUT2D eigenvalue weighted by Gasteiger charge is 2.50. The number of nitrogens with one attached hydrogen (secondary N) is 1. The first-order chi connectivity index (χ1) is 17.3. The van der Waals surface area contributed by atoms with Gasteiger partial charge in [-0.15, -0.1) is 0 Å². The first kappa shape index (κ1) is 24.1. The van der Waals surface area contributed by atoms with Crippen molar-refractivity contribution >= 4 is 11.7 Å². The molecule has 5 rings (SSSR count). The summed E-state index contributed by atoms with van der Waals surface area (Å²) in [7, 11) is 3.75. The zero-order chi connectivity index (χ0) is 25.3. The van der Waals surface area contributed by atoms with Crippen molar-refractivity contribution in [2.24, 2.45) is 0 Å². The highest BCUT2D eigenvalue weighted by molar-refractivity contribution is 5.95. The van der Waals surface area contributed by atoms with E-state index in [0.29, 0.717) is 19.5 Å². The topological polar surface area (TPSA) is 67.9 Å². The van der Waals surface area contributed by atoms with Crippen molar-refractivity contribution in [1.29, 1.82) is 0 Å². The molecule has 0 atom stereocenters. The number of aryl methyl sites for hydroxylation is 1. The number of hydrogen-bond donors (Lipinski definition) is 1. The van der Waals surface area contributed by atoms with E-state index in [4.69, 9.17) is 9.47 Å². The lowest BCUT2D eigenvalue weighted by Crippen LogP contribution is -2.32. The molecule has 6 heteroatoms. The molecule has 186 valence electrons. The van der Waals surface area contributed by atoms with Gasteiger partial charge in [-0.1, -0.05) is 48.5 Å². The standard InChI is InChI=1S/C30H32N2O4/c1-20-4-5-22(14-25(20)23-8-6-21(7-9-23)17-31-29(34)18-32(2)3)15-28(33)30(12-13-30)24-10-11-26-27(16-24)36-19-35-26/h4-11,14,16H,12-13,15,17-19H2,1-3H3,(H,31,34). The Kier molecular flexibility index (Phi) is 6.54. The summed E-state index contributed by atoms with van der Waals surface area (Å²) >= 11 is 0. The summed E-state index contributed by atoms with van der Waals surface area (Å²) in [5.74, 6) is 1.73. The maximum atomic E-state index is 13.5. The van der Waals surface area contributed by atoms with Crippen LogP contribution in [0.2, 0.25) is 0 Å². The summed E-state index contributed by atoms with van der Waals surface area (Å²) in [5.41, 5.74) is 6.07. The SMILES string of the molecule is Cc1ccc(CC(=O)C2(c3ccc4c(c3)OCO4)CC2)cc1-c1ccc(CNC(=O)CN(C)C)cc1. The number of carbonyl (C=O) groups is 2. The van der Waals surface area contributed by atoms with Gasteiger partial charge in [0.25, 0.3) is 0 Å². The minimum Gasteiger partial charge on any atom is -0.454 e. The highest BCUT2D eigenvalue weighted by atomic mass is 16.7. The minimum absolute atomic E-state index is 0.00599. The van der Waals surface area contributed by atoms with Gasteiger partial charge >= 0.3 is 0 Å². The van der Waals surface area contributed by atoms with Gasteiger partial charge in [0.15, 0.2) is 11.5 Å². The molecule has 0 unspecified atom stereocenters. The third-order valence-corrected chi connectivity index (χ3v) is 7.09. The van der Waals surface area contributed by atoms with E-state index in [-0.39, 0.29) is 18.5 Å². The second-order valence-corrected chi connectivity index (χ2v) is 10.1. The van der Waals surface area contributed by atoms with Crippen molar-refractivity contribution in [1.82, 2.24) is 10.2 Å². The molecule has 36 heavy (non-hydrogen) atoms. The van der Waals surface area contributed by atoms with E-state index in [1.165, 1.54) is 0 Å². The van der Waals surface area contributed by atoms with Crippen LogP contribution in [0.5, 0.6) is 11.5 Å². The maximum absolute atomic E-state index is 13.5. The van der Waals surface area contributed by atoms with Crippen molar-refractivity contribution in [3.63, 3.8) is 0 Å². The zero-order valence-corrected chi connectivity index (χ0v) is 21.1. The fourth-order valence-corrected chi connectivity index (χ4v) is 4.84. The molecule has 1 fully saturated rings. The molecule has 2 aliphatic rings. The van der Waals surface area contributed by atoms with Gasteiger partial charge in [-0.05, 0) is 79.4 Å². The van der Waals surface area contributed by atoms with Crippen LogP contribution in [0.25, 0.3) is 11.1 Å². The van der Waals surface area contributed by atoms with E-state index in [1.54, 1.807) is 0 Å². The van der Waals surface area contributed by atoms with Gasteiger partial charge in [0.05, 0.1) is 12.0 Å². The number of rotatable bonds is 9. The van der Waals surface area contributed by atoms with E-state index in [2.05, 4.69) is 42.6 Å². The Morgan fingerprint density at radius 1 is 0.917 bits per heavy atom. The Hall–Kier alpha value is -3.64. The number of Topliss-reactive ketones (excluding diaryl/α,β-unsaturated/α-hetero) is 1. The summed E-state index contributed by atoms with van der Waals surface area (Å²) in [6.45, 7) is 3.20. The van der Waals surface area contributed by atoms with Crippen LogP contribution in [0, 0.1) is 6.92 Å². The van der Waals surface area contributed by atoms with E-state index in [1.807, 2.05) is 49.3 Å². The van der Waals surface area contributed by atoms with E-state index in [9.17, 15) is 9.59 Å². The van der Waals surface area contributed by atoms with Crippen LogP contribution >= 0.6 is 0 Å². The molecule has 0 radical (unpaired) electrons.